The van der Waals surface area contributed by atoms with Gasteiger partial charge in [0.1, 0.15) is 6.67 Å². The van der Waals surface area contributed by atoms with Crippen molar-refractivity contribution in [3.05, 3.63) is 70.4 Å². The summed E-state index contributed by atoms with van der Waals surface area (Å²) in [5.74, 6) is -0.170. The Morgan fingerprint density at radius 1 is 1.15 bits per heavy atom. The Morgan fingerprint density at radius 3 is 2.55 bits per heavy atom. The van der Waals surface area contributed by atoms with E-state index in [9.17, 15) is 27.7 Å². The lowest BCUT2D eigenvalue weighted by atomic mass is 9.92. The van der Waals surface area contributed by atoms with Crippen LogP contribution < -0.4 is 4.90 Å². The van der Waals surface area contributed by atoms with Crippen molar-refractivity contribution in [2.45, 2.75) is 37.4 Å². The van der Waals surface area contributed by atoms with E-state index in [-0.39, 0.29) is 34.8 Å². The highest BCUT2D eigenvalue weighted by atomic mass is 32.2. The molecule has 0 saturated carbocycles. The molecule has 7 nitrogen and oxygen atoms in total. The zero-order valence-electron chi connectivity index (χ0n) is 18.2. The zero-order valence-corrected chi connectivity index (χ0v) is 19.0. The number of hydrogen-bond acceptors (Lipinski definition) is 5. The van der Waals surface area contributed by atoms with Crippen LogP contribution in [0.1, 0.15) is 42.5 Å². The maximum atomic E-state index is 13.7. The van der Waals surface area contributed by atoms with Gasteiger partial charge in [-0.05, 0) is 48.7 Å². The van der Waals surface area contributed by atoms with E-state index in [0.29, 0.717) is 28.9 Å². The molecule has 2 aromatic rings. The maximum Gasteiger partial charge on any atom is 0.329 e. The number of amides is 2. The molecule has 2 amide bonds. The Kier molecular flexibility index (Phi) is 5.80. The molecule has 1 heterocycles. The van der Waals surface area contributed by atoms with Crippen LogP contribution in [0.5, 0.6) is 0 Å². The van der Waals surface area contributed by atoms with Gasteiger partial charge in [-0.15, -0.1) is 0 Å². The number of allylic oxidation sites excluding steroid dienone is 1. The first kappa shape index (κ1) is 22.7. The molecule has 0 bridgehead atoms. The van der Waals surface area contributed by atoms with E-state index in [1.165, 1.54) is 28.0 Å². The molecule has 1 aliphatic heterocycles. The van der Waals surface area contributed by atoms with Crippen LogP contribution in [0.15, 0.2) is 58.6 Å². The highest BCUT2D eigenvalue weighted by Gasteiger charge is 2.46. The molecule has 0 radical (unpaired) electrons. The minimum atomic E-state index is -3.76. The summed E-state index contributed by atoms with van der Waals surface area (Å²) in [6.07, 6.45) is 1.54. The van der Waals surface area contributed by atoms with Crippen LogP contribution in [0.4, 0.5) is 14.9 Å². The van der Waals surface area contributed by atoms with Gasteiger partial charge < -0.3 is 4.90 Å². The summed E-state index contributed by atoms with van der Waals surface area (Å²) < 4.78 is 38.5. The second-order valence-corrected chi connectivity index (χ2v) is 10.0. The van der Waals surface area contributed by atoms with Gasteiger partial charge in [0.15, 0.2) is 15.6 Å². The lowest BCUT2D eigenvalue weighted by molar-refractivity contribution is -0.115. The van der Waals surface area contributed by atoms with E-state index < -0.39 is 28.6 Å². The Hall–Kier alpha value is -3.51. The van der Waals surface area contributed by atoms with Crippen molar-refractivity contribution < 1.29 is 22.4 Å². The second kappa shape index (κ2) is 8.45. The Balaban J connectivity index is 1.98. The number of ketones is 1. The monoisotopic (exact) mass is 467 g/mol. The number of Topliss-reactive ketones (excluding diaryl/α,β-unsaturated/α-hetero) is 1. The van der Waals surface area contributed by atoms with Gasteiger partial charge in [-0.25, -0.2) is 17.6 Å². The summed E-state index contributed by atoms with van der Waals surface area (Å²) in [6.45, 7) is 1.26. The Morgan fingerprint density at radius 2 is 1.91 bits per heavy atom. The second-order valence-electron chi connectivity index (χ2n) is 8.03. The molecule has 170 valence electrons. The predicted octanol–water partition coefficient (Wildman–Crippen LogP) is 4.05. The summed E-state index contributed by atoms with van der Waals surface area (Å²) in [4.78, 5) is 29.5. The summed E-state index contributed by atoms with van der Waals surface area (Å²) >= 11 is 0. The molecule has 2 aromatic carbocycles. The van der Waals surface area contributed by atoms with E-state index in [4.69, 9.17) is 0 Å². The van der Waals surface area contributed by atoms with Crippen molar-refractivity contribution in [1.29, 1.82) is 5.26 Å². The molecule has 9 heteroatoms. The van der Waals surface area contributed by atoms with E-state index >= 15 is 0 Å². The van der Waals surface area contributed by atoms with Crippen molar-refractivity contribution in [3.8, 4) is 6.07 Å². The van der Waals surface area contributed by atoms with Gasteiger partial charge in [-0.3, -0.25) is 9.69 Å². The Labute approximate surface area is 191 Å². The third-order valence-electron chi connectivity index (χ3n) is 5.99. The number of sulfone groups is 1. The number of likely N-dealkylation sites (N-methyl/N-ethyl adjacent to an activating group) is 1. The van der Waals surface area contributed by atoms with Crippen molar-refractivity contribution in [1.82, 2.24) is 4.90 Å². The van der Waals surface area contributed by atoms with Crippen LogP contribution in [-0.2, 0) is 21.3 Å². The third-order valence-corrected chi connectivity index (χ3v) is 7.15. The lowest BCUT2D eigenvalue weighted by Crippen LogP contribution is -2.50. The summed E-state index contributed by atoms with van der Waals surface area (Å²) in [6, 6.07) is 11.4. The molecule has 1 atom stereocenters. The normalized spacial score (nSPS) is 18.5. The SMILES string of the molecule is CCN1C(=O)N(c2cccc(CF)c2)C2=C(C(=O)CC2)C1c1ccc(C#N)cc1S(C)(=O)=O. The molecule has 0 saturated heterocycles. The molecule has 1 aliphatic carbocycles. The van der Waals surface area contributed by atoms with Crippen molar-refractivity contribution in [2.24, 2.45) is 0 Å². The average Bonchev–Trinajstić information content (AvgIpc) is 3.18. The molecule has 2 aliphatic rings. The van der Waals surface area contributed by atoms with Crippen LogP contribution in [0.3, 0.4) is 0 Å². The number of nitriles is 1. The van der Waals surface area contributed by atoms with Crippen molar-refractivity contribution in [2.75, 3.05) is 17.7 Å². The number of nitrogens with zero attached hydrogens (tertiary/aromatic N) is 3. The van der Waals surface area contributed by atoms with Gasteiger partial charge in [-0.1, -0.05) is 18.2 Å². The molecule has 4 rings (SSSR count). The first-order chi connectivity index (χ1) is 15.7. The number of carbonyl (C=O) groups excluding carboxylic acids is 2. The minimum Gasteiger partial charge on any atom is -0.313 e. The molecule has 0 spiro atoms. The van der Waals surface area contributed by atoms with Gasteiger partial charge in [0.2, 0.25) is 0 Å². The van der Waals surface area contributed by atoms with Gasteiger partial charge in [0.25, 0.3) is 0 Å². The number of rotatable bonds is 5. The van der Waals surface area contributed by atoms with Gasteiger partial charge in [-0.2, -0.15) is 5.26 Å². The molecule has 0 fully saturated rings. The van der Waals surface area contributed by atoms with Crippen LogP contribution in [0, 0.1) is 11.3 Å². The number of anilines is 1. The standard InChI is InChI=1S/C24H22FN3O4S/c1-3-27-23(18-8-7-16(14-26)12-21(18)33(2,31)32)22-19(9-10-20(22)29)28(24(27)30)17-6-4-5-15(11-17)13-25/h4-8,11-12,23H,3,9-10,13H2,1-2H3. The van der Waals surface area contributed by atoms with Crippen molar-refractivity contribution in [3.63, 3.8) is 0 Å². The van der Waals surface area contributed by atoms with Crippen molar-refractivity contribution >= 4 is 27.3 Å². The van der Waals surface area contributed by atoms with Crippen LogP contribution in [-0.4, -0.2) is 37.9 Å². The van der Waals surface area contributed by atoms with Gasteiger partial charge in [0.05, 0.1) is 28.3 Å². The first-order valence-corrected chi connectivity index (χ1v) is 12.4. The number of hydrogen-bond donors (Lipinski definition) is 0. The number of carbonyl (C=O) groups is 2. The lowest BCUT2D eigenvalue weighted by Gasteiger charge is -2.42. The topological polar surface area (TPSA) is 98.5 Å². The molecule has 0 N–H and O–H groups in total. The average molecular weight is 468 g/mol. The molecular weight excluding hydrogens is 445 g/mol. The maximum absolute atomic E-state index is 13.7. The highest BCUT2D eigenvalue weighted by Crippen LogP contribution is 2.46. The predicted molar refractivity (Wildman–Crippen MR) is 120 cm³/mol. The van der Waals surface area contributed by atoms with Crippen LogP contribution in [0.25, 0.3) is 0 Å². The number of halogens is 1. The summed E-state index contributed by atoms with van der Waals surface area (Å²) in [5, 5.41) is 9.26. The third kappa shape index (κ3) is 3.80. The minimum absolute atomic E-state index is 0.0859. The molecule has 1 unspecified atom stereocenters. The largest absolute Gasteiger partial charge is 0.329 e. The molecular formula is C24H22FN3O4S. The van der Waals surface area contributed by atoms with Gasteiger partial charge in [0, 0.05) is 30.5 Å². The zero-order chi connectivity index (χ0) is 23.9. The van der Waals surface area contributed by atoms with E-state index in [0.717, 1.165) is 6.26 Å². The number of benzene rings is 2. The fourth-order valence-electron chi connectivity index (χ4n) is 4.55. The highest BCUT2D eigenvalue weighted by molar-refractivity contribution is 7.90. The Bertz CT molecular complexity index is 1340. The first-order valence-electron chi connectivity index (χ1n) is 10.5. The molecule has 0 aromatic heterocycles. The molecule has 33 heavy (non-hydrogen) atoms. The van der Waals surface area contributed by atoms with Crippen LogP contribution >= 0.6 is 0 Å². The van der Waals surface area contributed by atoms with E-state index in [1.807, 2.05) is 6.07 Å². The smallest absolute Gasteiger partial charge is 0.313 e. The quantitative estimate of drug-likeness (QED) is 0.661. The van der Waals surface area contributed by atoms with Crippen LogP contribution in [0.2, 0.25) is 0 Å². The fraction of sp³-hybridized carbons (Fsp3) is 0.292. The number of alkyl halides is 1. The summed E-state index contributed by atoms with van der Waals surface area (Å²) in [7, 11) is -3.76. The summed E-state index contributed by atoms with van der Waals surface area (Å²) in [5.41, 5.74) is 2.17. The fourth-order valence-corrected chi connectivity index (χ4v) is 5.50. The van der Waals surface area contributed by atoms with Gasteiger partial charge >= 0.3 is 6.03 Å². The number of urea groups is 1. The van der Waals surface area contributed by atoms with E-state index in [1.54, 1.807) is 31.2 Å². The van der Waals surface area contributed by atoms with E-state index in [2.05, 4.69) is 0 Å².